The number of carbonyl (C=O) groups excluding carboxylic acids is 1. The fourth-order valence-corrected chi connectivity index (χ4v) is 4.78. The molecule has 33 heavy (non-hydrogen) atoms. The lowest BCUT2D eigenvalue weighted by Gasteiger charge is -2.33. The van der Waals surface area contributed by atoms with Crippen LogP contribution in [0.25, 0.3) is 11.5 Å². The van der Waals surface area contributed by atoms with Crippen molar-refractivity contribution >= 4 is 17.7 Å². The summed E-state index contributed by atoms with van der Waals surface area (Å²) in [6, 6.07) is 3.98. The molecule has 2 aromatic rings. The maximum absolute atomic E-state index is 12.8. The molecule has 1 amide bonds. The highest BCUT2D eigenvalue weighted by Crippen LogP contribution is 2.42. The third kappa shape index (κ3) is 6.56. The first-order valence-corrected chi connectivity index (χ1v) is 12.9. The van der Waals surface area contributed by atoms with Crippen molar-refractivity contribution in [3.8, 4) is 28.7 Å². The largest absolute Gasteiger partial charge is 0.490 e. The number of benzene rings is 1. The van der Waals surface area contributed by atoms with Crippen LogP contribution >= 0.6 is 11.8 Å². The van der Waals surface area contributed by atoms with Crippen LogP contribution < -0.4 is 14.2 Å². The van der Waals surface area contributed by atoms with E-state index in [0.29, 0.717) is 59.8 Å². The smallest absolute Gasteiger partial charge is 0.277 e. The average Bonchev–Trinajstić information content (AvgIpc) is 3.30. The van der Waals surface area contributed by atoms with Gasteiger partial charge >= 0.3 is 0 Å². The molecule has 1 aliphatic rings. The Labute approximate surface area is 200 Å². The van der Waals surface area contributed by atoms with Gasteiger partial charge in [0.05, 0.1) is 25.6 Å². The molecule has 0 bridgehead atoms. The predicted octanol–water partition coefficient (Wildman–Crippen LogP) is 5.21. The van der Waals surface area contributed by atoms with Crippen molar-refractivity contribution in [2.24, 2.45) is 0 Å². The number of hydrogen-bond donors (Lipinski definition) is 0. The Kier molecular flexibility index (Phi) is 9.72. The summed E-state index contributed by atoms with van der Waals surface area (Å²) < 4.78 is 23.2. The molecule has 9 heteroatoms. The maximum atomic E-state index is 12.8. The van der Waals surface area contributed by atoms with Gasteiger partial charge in [0.2, 0.25) is 17.5 Å². The summed E-state index contributed by atoms with van der Waals surface area (Å²) in [6.07, 6.45) is 5.85. The topological polar surface area (TPSA) is 86.9 Å². The van der Waals surface area contributed by atoms with Crippen LogP contribution in [-0.2, 0) is 4.79 Å². The Morgan fingerprint density at radius 3 is 2.21 bits per heavy atom. The zero-order valence-electron chi connectivity index (χ0n) is 20.1. The lowest BCUT2D eigenvalue weighted by Crippen LogP contribution is -2.42. The lowest BCUT2D eigenvalue weighted by molar-refractivity contribution is -0.131. The summed E-state index contributed by atoms with van der Waals surface area (Å²) in [6.45, 7) is 9.96. The van der Waals surface area contributed by atoms with Gasteiger partial charge in [-0.25, -0.2) is 0 Å². The highest BCUT2D eigenvalue weighted by Gasteiger charge is 2.25. The molecule has 0 saturated heterocycles. The third-order valence-corrected chi connectivity index (χ3v) is 6.36. The molecule has 0 unspecified atom stereocenters. The molecule has 1 aromatic carbocycles. The average molecular weight is 478 g/mol. The summed E-state index contributed by atoms with van der Waals surface area (Å²) in [5.74, 6) is 2.43. The highest BCUT2D eigenvalue weighted by molar-refractivity contribution is 7.99. The normalized spacial score (nSPS) is 14.2. The van der Waals surface area contributed by atoms with Gasteiger partial charge in [0.15, 0.2) is 11.5 Å². The zero-order chi connectivity index (χ0) is 23.6. The quantitative estimate of drug-likeness (QED) is 0.385. The molecule has 1 fully saturated rings. The van der Waals surface area contributed by atoms with Crippen LogP contribution in [0.1, 0.15) is 59.8 Å². The second-order valence-electron chi connectivity index (χ2n) is 7.73. The van der Waals surface area contributed by atoms with Crippen molar-refractivity contribution in [1.82, 2.24) is 15.1 Å². The minimum Gasteiger partial charge on any atom is -0.490 e. The molecule has 1 aromatic heterocycles. The number of amides is 1. The fourth-order valence-electron chi connectivity index (χ4n) is 4.13. The van der Waals surface area contributed by atoms with Crippen LogP contribution in [0, 0.1) is 0 Å². The number of ether oxygens (including phenoxy) is 3. The van der Waals surface area contributed by atoms with E-state index in [4.69, 9.17) is 18.6 Å². The minimum absolute atomic E-state index is 0.118. The summed E-state index contributed by atoms with van der Waals surface area (Å²) in [5, 5.41) is 8.68. The maximum Gasteiger partial charge on any atom is 0.277 e. The van der Waals surface area contributed by atoms with Crippen molar-refractivity contribution in [1.29, 1.82) is 0 Å². The van der Waals surface area contributed by atoms with Crippen LogP contribution in [0.5, 0.6) is 17.2 Å². The Morgan fingerprint density at radius 2 is 1.64 bits per heavy atom. The Balaban J connectivity index is 1.73. The molecule has 0 aliphatic heterocycles. The van der Waals surface area contributed by atoms with E-state index in [1.807, 2.05) is 44.7 Å². The fraction of sp³-hybridized carbons (Fsp3) is 0.625. The van der Waals surface area contributed by atoms with E-state index in [1.54, 1.807) is 0 Å². The standard InChI is InChI=1S/C24H35N3O5S/c1-5-27(18-12-10-9-11-13-18)21(28)16-33-24-26-25-23(32-24)17-14-19(29-6-2)22(31-8-4)20(15-17)30-7-3/h14-15,18H,5-13,16H2,1-4H3. The van der Waals surface area contributed by atoms with E-state index in [2.05, 4.69) is 10.2 Å². The van der Waals surface area contributed by atoms with Crippen LogP contribution in [0.2, 0.25) is 0 Å². The molecule has 1 aliphatic carbocycles. The van der Waals surface area contributed by atoms with Crippen molar-refractivity contribution in [2.45, 2.75) is 71.1 Å². The van der Waals surface area contributed by atoms with Crippen LogP contribution in [0.15, 0.2) is 21.8 Å². The Morgan fingerprint density at radius 1 is 1.00 bits per heavy atom. The highest BCUT2D eigenvalue weighted by atomic mass is 32.2. The Bertz CT molecular complexity index is 871. The number of thioether (sulfide) groups is 1. The van der Waals surface area contributed by atoms with Gasteiger partial charge in [-0.1, -0.05) is 31.0 Å². The molecule has 1 saturated carbocycles. The molecular formula is C24H35N3O5S. The van der Waals surface area contributed by atoms with Gasteiger partial charge in [0, 0.05) is 18.2 Å². The van der Waals surface area contributed by atoms with Crippen molar-refractivity contribution < 1.29 is 23.4 Å². The second kappa shape index (κ2) is 12.7. The molecule has 8 nitrogen and oxygen atoms in total. The lowest BCUT2D eigenvalue weighted by atomic mass is 9.94. The van der Waals surface area contributed by atoms with Gasteiger partial charge in [-0.15, -0.1) is 10.2 Å². The number of rotatable bonds is 12. The Hall–Kier alpha value is -2.42. The first kappa shape index (κ1) is 25.2. The monoisotopic (exact) mass is 477 g/mol. The van der Waals surface area contributed by atoms with Crippen molar-refractivity contribution in [3.63, 3.8) is 0 Å². The van der Waals surface area contributed by atoms with Gasteiger partial charge in [-0.05, 0) is 52.7 Å². The summed E-state index contributed by atoms with van der Waals surface area (Å²) >= 11 is 1.27. The van der Waals surface area contributed by atoms with Crippen molar-refractivity contribution in [2.75, 3.05) is 32.1 Å². The van der Waals surface area contributed by atoms with Gasteiger partial charge in [0.25, 0.3) is 5.22 Å². The molecule has 3 rings (SSSR count). The number of hydrogen-bond acceptors (Lipinski definition) is 8. The van der Waals surface area contributed by atoms with E-state index in [9.17, 15) is 4.79 Å². The first-order chi connectivity index (χ1) is 16.1. The van der Waals surface area contributed by atoms with Crippen LogP contribution in [0.4, 0.5) is 0 Å². The first-order valence-electron chi connectivity index (χ1n) is 11.9. The molecule has 0 spiro atoms. The van der Waals surface area contributed by atoms with E-state index in [-0.39, 0.29) is 11.7 Å². The molecular weight excluding hydrogens is 442 g/mol. The van der Waals surface area contributed by atoms with E-state index in [1.165, 1.54) is 31.0 Å². The molecule has 0 N–H and O–H groups in total. The molecule has 1 heterocycles. The van der Waals surface area contributed by atoms with Crippen LogP contribution in [0.3, 0.4) is 0 Å². The predicted molar refractivity (Wildman–Crippen MR) is 128 cm³/mol. The van der Waals surface area contributed by atoms with Crippen LogP contribution in [-0.4, -0.2) is 59.2 Å². The summed E-state index contributed by atoms with van der Waals surface area (Å²) in [4.78, 5) is 14.8. The second-order valence-corrected chi connectivity index (χ2v) is 8.66. The zero-order valence-corrected chi connectivity index (χ0v) is 20.9. The van der Waals surface area contributed by atoms with Gasteiger partial charge in [0.1, 0.15) is 0 Å². The number of carbonyl (C=O) groups is 1. The molecule has 0 atom stereocenters. The minimum atomic E-state index is 0.118. The van der Waals surface area contributed by atoms with Gasteiger partial charge < -0.3 is 23.5 Å². The van der Waals surface area contributed by atoms with E-state index >= 15 is 0 Å². The summed E-state index contributed by atoms with van der Waals surface area (Å²) in [5.41, 5.74) is 0.674. The number of aromatic nitrogens is 2. The molecule has 182 valence electrons. The van der Waals surface area contributed by atoms with Crippen molar-refractivity contribution in [3.05, 3.63) is 12.1 Å². The summed E-state index contributed by atoms with van der Waals surface area (Å²) in [7, 11) is 0. The van der Waals surface area contributed by atoms with E-state index < -0.39 is 0 Å². The SMILES string of the molecule is CCOc1cc(-c2nnc(SCC(=O)N(CC)C3CCCCC3)o2)cc(OCC)c1OCC. The van der Waals surface area contributed by atoms with E-state index in [0.717, 1.165) is 19.4 Å². The third-order valence-electron chi connectivity index (χ3n) is 5.56. The van der Waals surface area contributed by atoms with Gasteiger partial charge in [-0.3, -0.25) is 4.79 Å². The number of nitrogens with zero attached hydrogens (tertiary/aromatic N) is 3. The van der Waals surface area contributed by atoms with Gasteiger partial charge in [-0.2, -0.15) is 0 Å². The molecule has 0 radical (unpaired) electrons.